The average Bonchev–Trinajstić information content (AvgIpc) is 2.53. The van der Waals surface area contributed by atoms with E-state index in [9.17, 15) is 0 Å². The van der Waals surface area contributed by atoms with E-state index in [-0.39, 0.29) is 11.5 Å². The Morgan fingerprint density at radius 1 is 1.04 bits per heavy atom. The second-order valence-corrected chi connectivity index (χ2v) is 8.39. The summed E-state index contributed by atoms with van der Waals surface area (Å²) >= 11 is 6.16. The van der Waals surface area contributed by atoms with Crippen LogP contribution in [0, 0.1) is 0 Å². The molecule has 2 aromatic carbocycles. The Morgan fingerprint density at radius 2 is 1.75 bits per heavy atom. The molecule has 1 aliphatic heterocycles. The Bertz CT molecular complexity index is 688. The molecule has 3 rings (SSSR count). The molecule has 2 N–H and O–H groups in total. The van der Waals surface area contributed by atoms with E-state index in [0.717, 1.165) is 30.2 Å². The number of hydrogen-bond acceptors (Lipinski definition) is 2. The molecule has 0 saturated carbocycles. The molecule has 1 saturated heterocycles. The lowest BCUT2D eigenvalue weighted by atomic mass is 9.83. The summed E-state index contributed by atoms with van der Waals surface area (Å²) in [5, 5.41) is 0.776. The van der Waals surface area contributed by atoms with Crippen LogP contribution in [-0.4, -0.2) is 19.1 Å². The summed E-state index contributed by atoms with van der Waals surface area (Å²) in [5.41, 5.74) is 10.5. The monoisotopic (exact) mass is 342 g/mol. The van der Waals surface area contributed by atoms with Crippen LogP contribution in [0.5, 0.6) is 0 Å². The fourth-order valence-corrected chi connectivity index (χ4v) is 3.70. The minimum Gasteiger partial charge on any atom is -0.369 e. The first-order valence-corrected chi connectivity index (χ1v) is 9.07. The van der Waals surface area contributed by atoms with Gasteiger partial charge in [0, 0.05) is 35.8 Å². The first-order valence-electron chi connectivity index (χ1n) is 8.69. The predicted octanol–water partition coefficient (Wildman–Crippen LogP) is 4.96. The van der Waals surface area contributed by atoms with E-state index in [1.807, 2.05) is 18.2 Å². The second kappa shape index (κ2) is 6.78. The third-order valence-electron chi connectivity index (χ3n) is 4.90. The summed E-state index contributed by atoms with van der Waals surface area (Å²) in [5.74, 6) is 0.460. The number of piperidine rings is 1. The first kappa shape index (κ1) is 17.3. The Morgan fingerprint density at radius 3 is 2.38 bits per heavy atom. The number of benzene rings is 2. The maximum absolute atomic E-state index is 6.35. The van der Waals surface area contributed by atoms with Crippen molar-refractivity contribution in [3.63, 3.8) is 0 Å². The number of rotatable bonds is 2. The third-order valence-corrected chi connectivity index (χ3v) is 5.14. The fourth-order valence-electron chi connectivity index (χ4n) is 3.52. The molecular formula is C21H27ClN2. The van der Waals surface area contributed by atoms with Gasteiger partial charge in [0.2, 0.25) is 0 Å². The van der Waals surface area contributed by atoms with E-state index in [1.165, 1.54) is 11.1 Å². The molecule has 2 atom stereocenters. The van der Waals surface area contributed by atoms with Crippen LogP contribution in [0.1, 0.15) is 44.2 Å². The molecule has 0 aromatic heterocycles. The molecule has 1 fully saturated rings. The molecule has 2 nitrogen and oxygen atoms in total. The number of halogens is 1. The first-order chi connectivity index (χ1) is 11.3. The van der Waals surface area contributed by atoms with E-state index in [1.54, 1.807) is 0 Å². The summed E-state index contributed by atoms with van der Waals surface area (Å²) in [4.78, 5) is 2.36. The quantitative estimate of drug-likeness (QED) is 0.835. The van der Waals surface area contributed by atoms with E-state index in [2.05, 4.69) is 56.0 Å². The molecular weight excluding hydrogens is 316 g/mol. The molecule has 1 heterocycles. The Balaban J connectivity index is 1.81. The second-order valence-electron chi connectivity index (χ2n) is 7.95. The minimum absolute atomic E-state index is 0.185. The summed E-state index contributed by atoms with van der Waals surface area (Å²) in [7, 11) is 0. The van der Waals surface area contributed by atoms with Gasteiger partial charge in [-0.1, -0.05) is 62.7 Å². The lowest BCUT2D eigenvalue weighted by molar-refractivity contribution is 0.453. The van der Waals surface area contributed by atoms with Crippen molar-refractivity contribution in [2.45, 2.75) is 44.6 Å². The molecule has 3 heteroatoms. The van der Waals surface area contributed by atoms with Crippen LogP contribution in [0.4, 0.5) is 5.69 Å². The normalized spacial score (nSPS) is 21.8. The maximum Gasteiger partial charge on any atom is 0.0426 e. The van der Waals surface area contributed by atoms with Gasteiger partial charge in [-0.25, -0.2) is 0 Å². The van der Waals surface area contributed by atoms with E-state index >= 15 is 0 Å². The zero-order valence-corrected chi connectivity index (χ0v) is 15.6. The molecule has 0 spiro atoms. The van der Waals surface area contributed by atoms with E-state index in [4.69, 9.17) is 17.3 Å². The Hall–Kier alpha value is -1.51. The number of anilines is 1. The highest BCUT2D eigenvalue weighted by atomic mass is 35.5. The predicted molar refractivity (Wildman–Crippen MR) is 104 cm³/mol. The number of nitrogens with zero attached hydrogens (tertiary/aromatic N) is 1. The minimum atomic E-state index is 0.185. The van der Waals surface area contributed by atoms with Gasteiger partial charge in [0.1, 0.15) is 0 Å². The highest BCUT2D eigenvalue weighted by molar-refractivity contribution is 6.30. The molecule has 1 aliphatic rings. The topological polar surface area (TPSA) is 29.3 Å². The molecule has 24 heavy (non-hydrogen) atoms. The fraction of sp³-hybridized carbons (Fsp3) is 0.429. The maximum atomic E-state index is 6.35. The van der Waals surface area contributed by atoms with Crippen molar-refractivity contribution < 1.29 is 0 Å². The summed E-state index contributed by atoms with van der Waals surface area (Å²) in [6, 6.07) is 17.3. The number of nitrogens with two attached hydrogens (primary N) is 1. The molecule has 2 aromatic rings. The van der Waals surface area contributed by atoms with Crippen LogP contribution in [0.25, 0.3) is 0 Å². The summed E-state index contributed by atoms with van der Waals surface area (Å²) < 4.78 is 0. The van der Waals surface area contributed by atoms with Crippen molar-refractivity contribution in [2.75, 3.05) is 18.0 Å². The van der Waals surface area contributed by atoms with Gasteiger partial charge in [0.05, 0.1) is 0 Å². The number of hydrogen-bond donors (Lipinski definition) is 1. The largest absolute Gasteiger partial charge is 0.369 e. The van der Waals surface area contributed by atoms with Crippen molar-refractivity contribution in [3.8, 4) is 0 Å². The van der Waals surface area contributed by atoms with Gasteiger partial charge in [0.25, 0.3) is 0 Å². The lowest BCUT2D eigenvalue weighted by Crippen LogP contribution is -2.46. The Labute approximate surface area is 150 Å². The van der Waals surface area contributed by atoms with Gasteiger partial charge in [-0.3, -0.25) is 0 Å². The van der Waals surface area contributed by atoms with Crippen LogP contribution in [-0.2, 0) is 5.41 Å². The lowest BCUT2D eigenvalue weighted by Gasteiger charge is -2.38. The highest BCUT2D eigenvalue weighted by Gasteiger charge is 2.27. The van der Waals surface area contributed by atoms with Crippen LogP contribution < -0.4 is 10.6 Å². The van der Waals surface area contributed by atoms with Gasteiger partial charge in [-0.05, 0) is 41.2 Å². The van der Waals surface area contributed by atoms with Gasteiger partial charge in [-0.15, -0.1) is 0 Å². The van der Waals surface area contributed by atoms with Gasteiger partial charge in [0.15, 0.2) is 0 Å². The van der Waals surface area contributed by atoms with Crippen molar-refractivity contribution >= 4 is 17.3 Å². The van der Waals surface area contributed by atoms with Crippen LogP contribution >= 0.6 is 11.6 Å². The SMILES string of the molecule is CC(C)(C)c1ccc(C2CC(N)CN(c3cccc(Cl)c3)C2)cc1. The van der Waals surface area contributed by atoms with Crippen molar-refractivity contribution in [2.24, 2.45) is 5.73 Å². The summed E-state index contributed by atoms with van der Waals surface area (Å²) in [6.45, 7) is 8.62. The van der Waals surface area contributed by atoms with Crippen molar-refractivity contribution in [1.29, 1.82) is 0 Å². The molecule has 0 bridgehead atoms. The van der Waals surface area contributed by atoms with Crippen LogP contribution in [0.2, 0.25) is 5.02 Å². The van der Waals surface area contributed by atoms with Crippen molar-refractivity contribution in [3.05, 3.63) is 64.7 Å². The molecule has 2 unspecified atom stereocenters. The van der Waals surface area contributed by atoms with Gasteiger partial charge >= 0.3 is 0 Å². The third kappa shape index (κ3) is 3.93. The van der Waals surface area contributed by atoms with Gasteiger partial charge < -0.3 is 10.6 Å². The van der Waals surface area contributed by atoms with Crippen molar-refractivity contribution in [1.82, 2.24) is 0 Å². The smallest absolute Gasteiger partial charge is 0.0426 e. The molecule has 128 valence electrons. The van der Waals surface area contributed by atoms with Gasteiger partial charge in [-0.2, -0.15) is 0 Å². The van der Waals surface area contributed by atoms with E-state index < -0.39 is 0 Å². The van der Waals surface area contributed by atoms with E-state index in [0.29, 0.717) is 5.92 Å². The Kier molecular flexibility index (Phi) is 4.89. The zero-order valence-electron chi connectivity index (χ0n) is 14.8. The average molecular weight is 343 g/mol. The highest BCUT2D eigenvalue weighted by Crippen LogP contribution is 2.32. The molecule has 0 radical (unpaired) electrons. The summed E-state index contributed by atoms with van der Waals surface area (Å²) in [6.07, 6.45) is 1.03. The molecule has 0 amide bonds. The van der Waals surface area contributed by atoms with Crippen LogP contribution in [0.15, 0.2) is 48.5 Å². The zero-order chi connectivity index (χ0) is 17.3. The van der Waals surface area contributed by atoms with Crippen LogP contribution in [0.3, 0.4) is 0 Å². The standard InChI is InChI=1S/C21H27ClN2/c1-21(2,3)17-9-7-15(8-10-17)16-11-19(23)14-24(13-16)20-6-4-5-18(22)12-20/h4-10,12,16,19H,11,13-14,23H2,1-3H3. The molecule has 0 aliphatic carbocycles.